The van der Waals surface area contributed by atoms with Crippen molar-refractivity contribution >= 4 is 35.2 Å². The van der Waals surface area contributed by atoms with Crippen LogP contribution in [0.4, 0.5) is 0 Å². The molecule has 0 aliphatic carbocycles. The van der Waals surface area contributed by atoms with Crippen molar-refractivity contribution in [3.05, 3.63) is 35.9 Å². The first-order valence-corrected chi connectivity index (χ1v) is 9.28. The van der Waals surface area contributed by atoms with Crippen molar-refractivity contribution in [1.82, 2.24) is 5.32 Å². The van der Waals surface area contributed by atoms with Gasteiger partial charge in [-0.3, -0.25) is 9.59 Å². The van der Waals surface area contributed by atoms with Crippen molar-refractivity contribution < 1.29 is 14.3 Å². The Hall–Kier alpha value is -1.20. The number of hydrogen-bond donors (Lipinski definition) is 1. The second kappa shape index (κ2) is 9.18. The van der Waals surface area contributed by atoms with E-state index >= 15 is 0 Å². The van der Waals surface area contributed by atoms with Gasteiger partial charge in [-0.1, -0.05) is 24.6 Å². The van der Waals surface area contributed by atoms with E-state index in [1.807, 2.05) is 18.2 Å². The fraction of sp³-hybridized carbons (Fsp3) is 0.529. The van der Waals surface area contributed by atoms with E-state index in [0.717, 1.165) is 25.0 Å². The predicted octanol–water partition coefficient (Wildman–Crippen LogP) is 3.24. The van der Waals surface area contributed by atoms with E-state index < -0.39 is 0 Å². The molecule has 1 aromatic carbocycles. The summed E-state index contributed by atoms with van der Waals surface area (Å²) in [6.07, 6.45) is 3.16. The smallest absolute Gasteiger partial charge is 0.305 e. The number of ether oxygens (including phenoxy) is 1. The number of halogens is 1. The van der Waals surface area contributed by atoms with Gasteiger partial charge in [0.25, 0.3) is 5.91 Å². The molecule has 0 spiro atoms. The van der Waals surface area contributed by atoms with Crippen LogP contribution < -0.4 is 5.32 Å². The zero-order valence-corrected chi connectivity index (χ0v) is 14.7. The SMILES string of the molecule is COC(=O)CCCC[C@@H]1SC[C@H](NC(=O)c2ccccc2)[C@@H]1Cl. The standard InChI is InChI=1S/C17H22ClNO3S/c1-22-15(20)10-6-5-9-14-16(18)13(11-23-14)19-17(21)12-7-3-2-4-8-12/h2-4,7-8,13-14,16H,5-6,9-11H2,1H3,(H,19,21)/t13-,14-,16-/m0/s1. The van der Waals surface area contributed by atoms with Crippen molar-refractivity contribution in [3.63, 3.8) is 0 Å². The highest BCUT2D eigenvalue weighted by Gasteiger charge is 2.35. The molecule has 1 heterocycles. The number of nitrogens with one attached hydrogen (secondary N) is 1. The van der Waals surface area contributed by atoms with Crippen molar-refractivity contribution in [2.45, 2.75) is 42.4 Å². The number of amides is 1. The van der Waals surface area contributed by atoms with E-state index in [1.54, 1.807) is 23.9 Å². The summed E-state index contributed by atoms with van der Waals surface area (Å²) in [5, 5.41) is 3.26. The number of carbonyl (C=O) groups excluding carboxylic acids is 2. The summed E-state index contributed by atoms with van der Waals surface area (Å²) in [5.41, 5.74) is 0.655. The van der Waals surface area contributed by atoms with Gasteiger partial charge in [0.15, 0.2) is 0 Å². The highest BCUT2D eigenvalue weighted by Crippen LogP contribution is 2.34. The maximum absolute atomic E-state index is 12.2. The Morgan fingerprint density at radius 1 is 1.30 bits per heavy atom. The molecule has 1 aliphatic heterocycles. The Balaban J connectivity index is 1.74. The van der Waals surface area contributed by atoms with Gasteiger partial charge in [0.05, 0.1) is 18.5 Å². The van der Waals surface area contributed by atoms with Gasteiger partial charge in [-0.05, 0) is 25.0 Å². The maximum atomic E-state index is 12.2. The maximum Gasteiger partial charge on any atom is 0.305 e. The van der Waals surface area contributed by atoms with E-state index in [2.05, 4.69) is 10.1 Å². The Morgan fingerprint density at radius 3 is 2.74 bits per heavy atom. The second-order valence-corrected chi connectivity index (χ2v) is 7.36. The van der Waals surface area contributed by atoms with Crippen LogP contribution >= 0.6 is 23.4 Å². The molecular weight excluding hydrogens is 334 g/mol. The van der Waals surface area contributed by atoms with Gasteiger partial charge in [0.1, 0.15) is 0 Å². The molecule has 1 N–H and O–H groups in total. The molecule has 3 atom stereocenters. The average molecular weight is 356 g/mol. The molecule has 0 bridgehead atoms. The van der Waals surface area contributed by atoms with Crippen LogP contribution in [0.25, 0.3) is 0 Å². The van der Waals surface area contributed by atoms with Crippen LogP contribution in [0.2, 0.25) is 0 Å². The molecule has 0 radical (unpaired) electrons. The first-order chi connectivity index (χ1) is 11.1. The number of esters is 1. The Morgan fingerprint density at radius 2 is 2.04 bits per heavy atom. The number of alkyl halides is 1. The van der Waals surface area contributed by atoms with Gasteiger partial charge in [0, 0.05) is 23.0 Å². The van der Waals surface area contributed by atoms with Crippen LogP contribution in [0, 0.1) is 0 Å². The summed E-state index contributed by atoms with van der Waals surface area (Å²) >= 11 is 8.31. The lowest BCUT2D eigenvalue weighted by atomic mass is 10.1. The van der Waals surface area contributed by atoms with Gasteiger partial charge in [0.2, 0.25) is 0 Å². The van der Waals surface area contributed by atoms with Gasteiger partial charge in [-0.25, -0.2) is 0 Å². The summed E-state index contributed by atoms with van der Waals surface area (Å²) in [6.45, 7) is 0. The molecule has 4 nitrogen and oxygen atoms in total. The number of methoxy groups -OCH3 is 1. The van der Waals surface area contributed by atoms with Crippen molar-refractivity contribution in [1.29, 1.82) is 0 Å². The van der Waals surface area contributed by atoms with Gasteiger partial charge >= 0.3 is 5.97 Å². The monoisotopic (exact) mass is 355 g/mol. The van der Waals surface area contributed by atoms with Crippen LogP contribution in [-0.2, 0) is 9.53 Å². The third kappa shape index (κ3) is 5.43. The van der Waals surface area contributed by atoms with Crippen molar-refractivity contribution in [2.75, 3.05) is 12.9 Å². The summed E-state index contributed by atoms with van der Waals surface area (Å²) in [7, 11) is 1.41. The second-order valence-electron chi connectivity index (χ2n) is 5.58. The molecule has 2 rings (SSSR count). The summed E-state index contributed by atoms with van der Waals surface area (Å²) in [5.74, 6) is 0.585. The molecule has 1 saturated heterocycles. The highest BCUT2D eigenvalue weighted by molar-refractivity contribution is 8.00. The zero-order valence-electron chi connectivity index (χ0n) is 13.2. The van der Waals surface area contributed by atoms with E-state index in [-0.39, 0.29) is 23.3 Å². The minimum absolute atomic E-state index is 0.0139. The number of rotatable bonds is 7. The minimum atomic E-state index is -0.167. The molecule has 0 aromatic heterocycles. The van der Waals surface area contributed by atoms with Crippen LogP contribution in [0.1, 0.15) is 36.0 Å². The van der Waals surface area contributed by atoms with Crippen molar-refractivity contribution in [2.24, 2.45) is 0 Å². The number of thioether (sulfide) groups is 1. The minimum Gasteiger partial charge on any atom is -0.469 e. The lowest BCUT2D eigenvalue weighted by Crippen LogP contribution is -2.41. The van der Waals surface area contributed by atoms with Gasteiger partial charge in [-0.2, -0.15) is 11.8 Å². The number of benzene rings is 1. The summed E-state index contributed by atoms with van der Waals surface area (Å²) in [6, 6.07) is 9.16. The topological polar surface area (TPSA) is 55.4 Å². The molecule has 0 saturated carbocycles. The van der Waals surface area contributed by atoms with Crippen LogP contribution in [0.3, 0.4) is 0 Å². The highest BCUT2D eigenvalue weighted by atomic mass is 35.5. The fourth-order valence-electron chi connectivity index (χ4n) is 2.59. The molecule has 1 fully saturated rings. The van der Waals surface area contributed by atoms with E-state index in [4.69, 9.17) is 11.6 Å². The molecule has 23 heavy (non-hydrogen) atoms. The molecular formula is C17H22ClNO3S. The van der Waals surface area contributed by atoms with Crippen molar-refractivity contribution in [3.8, 4) is 0 Å². The van der Waals surface area contributed by atoms with Gasteiger partial charge in [-0.15, -0.1) is 11.6 Å². The normalized spacial score (nSPS) is 23.5. The Bertz CT molecular complexity index is 526. The first kappa shape index (κ1) is 18.1. The third-order valence-corrected chi connectivity index (χ3v) is 6.20. The summed E-state index contributed by atoms with van der Waals surface area (Å²) in [4.78, 5) is 23.3. The average Bonchev–Trinajstić information content (AvgIpc) is 2.92. The molecule has 1 amide bonds. The zero-order chi connectivity index (χ0) is 16.7. The van der Waals surface area contributed by atoms with E-state index in [9.17, 15) is 9.59 Å². The Kier molecular flexibility index (Phi) is 7.24. The lowest BCUT2D eigenvalue weighted by Gasteiger charge is -2.19. The van der Waals surface area contributed by atoms with Crippen LogP contribution in [0.5, 0.6) is 0 Å². The molecule has 0 unspecified atom stereocenters. The molecule has 1 aromatic rings. The summed E-state index contributed by atoms with van der Waals surface area (Å²) < 4.78 is 4.63. The number of unbranched alkanes of at least 4 members (excludes halogenated alkanes) is 1. The molecule has 6 heteroatoms. The number of carbonyl (C=O) groups is 2. The fourth-order valence-corrected chi connectivity index (χ4v) is 4.65. The molecule has 126 valence electrons. The van der Waals surface area contributed by atoms with E-state index in [0.29, 0.717) is 17.2 Å². The van der Waals surface area contributed by atoms with Crippen LogP contribution in [-0.4, -0.2) is 41.4 Å². The molecule has 1 aliphatic rings. The quantitative estimate of drug-likeness (QED) is 0.463. The predicted molar refractivity (Wildman–Crippen MR) is 94.1 cm³/mol. The number of hydrogen-bond acceptors (Lipinski definition) is 4. The lowest BCUT2D eigenvalue weighted by molar-refractivity contribution is -0.140. The third-order valence-electron chi connectivity index (χ3n) is 3.93. The van der Waals surface area contributed by atoms with Gasteiger partial charge < -0.3 is 10.1 Å². The Labute approximate surface area is 146 Å². The van der Waals surface area contributed by atoms with E-state index in [1.165, 1.54) is 7.11 Å². The first-order valence-electron chi connectivity index (χ1n) is 7.80. The van der Waals surface area contributed by atoms with Crippen LogP contribution in [0.15, 0.2) is 30.3 Å². The largest absolute Gasteiger partial charge is 0.469 e.